The Kier molecular flexibility index (Phi) is 6.96. The Morgan fingerprint density at radius 2 is 1.85 bits per heavy atom. The monoisotopic (exact) mass is 387 g/mol. The molecule has 1 unspecified atom stereocenters. The van der Waals surface area contributed by atoms with Crippen LogP contribution in [0.1, 0.15) is 54.4 Å². The maximum atomic E-state index is 12.8. The van der Waals surface area contributed by atoms with Crippen molar-refractivity contribution in [3.05, 3.63) is 35.4 Å². The Hall–Kier alpha value is -1.97. The van der Waals surface area contributed by atoms with E-state index in [1.165, 1.54) is 0 Å². The summed E-state index contributed by atoms with van der Waals surface area (Å²) in [6, 6.07) is 2.65. The molecule has 1 fully saturated rings. The van der Waals surface area contributed by atoms with Crippen LogP contribution >= 0.6 is 0 Å². The SMILES string of the molecule is N[C@H](CC1CCCCC1)C(O)C(=O)N(N)C(=O)c1cccc(C(F)(F)F)c1. The molecule has 9 heteroatoms. The molecule has 0 heterocycles. The smallest absolute Gasteiger partial charge is 0.382 e. The minimum absolute atomic E-state index is 0.126. The van der Waals surface area contributed by atoms with E-state index in [0.717, 1.165) is 50.3 Å². The van der Waals surface area contributed by atoms with Gasteiger partial charge in [-0.15, -0.1) is 0 Å². The third-order valence-electron chi connectivity index (χ3n) is 4.88. The Morgan fingerprint density at radius 3 is 2.44 bits per heavy atom. The highest BCUT2D eigenvalue weighted by Crippen LogP contribution is 2.30. The Bertz CT molecular complexity index is 675. The van der Waals surface area contributed by atoms with Crippen LogP contribution in [0.3, 0.4) is 0 Å². The molecule has 0 spiro atoms. The van der Waals surface area contributed by atoms with Crippen molar-refractivity contribution in [2.75, 3.05) is 0 Å². The van der Waals surface area contributed by atoms with Crippen LogP contribution < -0.4 is 11.6 Å². The van der Waals surface area contributed by atoms with Gasteiger partial charge in [-0.3, -0.25) is 9.59 Å². The lowest BCUT2D eigenvalue weighted by atomic mass is 9.84. The number of alkyl halides is 3. The average molecular weight is 387 g/mol. The summed E-state index contributed by atoms with van der Waals surface area (Å²) in [7, 11) is 0. The molecule has 0 radical (unpaired) electrons. The predicted octanol–water partition coefficient (Wildman–Crippen LogP) is 2.21. The molecule has 0 aromatic heterocycles. The van der Waals surface area contributed by atoms with Crippen molar-refractivity contribution < 1.29 is 27.9 Å². The van der Waals surface area contributed by atoms with E-state index in [2.05, 4.69) is 0 Å². The van der Waals surface area contributed by atoms with Gasteiger partial charge in [0.15, 0.2) is 0 Å². The molecule has 0 aliphatic heterocycles. The van der Waals surface area contributed by atoms with Crippen molar-refractivity contribution in [1.82, 2.24) is 5.01 Å². The molecule has 0 bridgehead atoms. The highest BCUT2D eigenvalue weighted by molar-refractivity contribution is 6.05. The first-order valence-electron chi connectivity index (χ1n) is 8.85. The number of hydrazine groups is 1. The normalized spacial score (nSPS) is 18.0. The number of amides is 2. The predicted molar refractivity (Wildman–Crippen MR) is 92.0 cm³/mol. The van der Waals surface area contributed by atoms with Gasteiger partial charge >= 0.3 is 6.18 Å². The zero-order chi connectivity index (χ0) is 20.2. The molecule has 27 heavy (non-hydrogen) atoms. The molecule has 1 aliphatic carbocycles. The van der Waals surface area contributed by atoms with Crippen LogP contribution in [0.2, 0.25) is 0 Å². The summed E-state index contributed by atoms with van der Waals surface area (Å²) in [6.45, 7) is 0. The molecule has 2 atom stereocenters. The topological polar surface area (TPSA) is 110 Å². The van der Waals surface area contributed by atoms with Crippen molar-refractivity contribution in [2.45, 2.75) is 56.8 Å². The fourth-order valence-electron chi connectivity index (χ4n) is 3.33. The van der Waals surface area contributed by atoms with Gasteiger partial charge in [-0.05, 0) is 30.5 Å². The quantitative estimate of drug-likeness (QED) is 0.408. The maximum absolute atomic E-state index is 12.8. The van der Waals surface area contributed by atoms with E-state index in [1.54, 1.807) is 0 Å². The van der Waals surface area contributed by atoms with Gasteiger partial charge in [0.2, 0.25) is 0 Å². The van der Waals surface area contributed by atoms with Gasteiger partial charge in [-0.1, -0.05) is 38.2 Å². The second kappa shape index (κ2) is 8.81. The minimum atomic E-state index is -4.64. The number of imide groups is 1. The van der Waals surface area contributed by atoms with Gasteiger partial charge in [0.1, 0.15) is 6.10 Å². The van der Waals surface area contributed by atoms with E-state index in [9.17, 15) is 27.9 Å². The molecule has 150 valence electrons. The summed E-state index contributed by atoms with van der Waals surface area (Å²) in [5.41, 5.74) is 4.45. The van der Waals surface area contributed by atoms with E-state index in [-0.39, 0.29) is 5.01 Å². The Morgan fingerprint density at radius 1 is 1.22 bits per heavy atom. The largest absolute Gasteiger partial charge is 0.416 e. The molecule has 2 rings (SSSR count). The number of aliphatic hydroxyl groups excluding tert-OH is 1. The molecule has 2 amide bonds. The van der Waals surface area contributed by atoms with E-state index in [4.69, 9.17) is 11.6 Å². The van der Waals surface area contributed by atoms with Gasteiger partial charge < -0.3 is 10.8 Å². The number of halogens is 3. The van der Waals surface area contributed by atoms with Gasteiger partial charge in [0.25, 0.3) is 11.8 Å². The first-order chi connectivity index (χ1) is 12.6. The van der Waals surface area contributed by atoms with Gasteiger partial charge in [0.05, 0.1) is 5.56 Å². The van der Waals surface area contributed by atoms with Gasteiger partial charge in [-0.2, -0.15) is 13.2 Å². The van der Waals surface area contributed by atoms with Crippen LogP contribution in [-0.2, 0) is 11.0 Å². The number of hydrogen-bond donors (Lipinski definition) is 3. The number of carbonyl (C=O) groups excluding carboxylic acids is 2. The highest BCUT2D eigenvalue weighted by atomic mass is 19.4. The minimum Gasteiger partial charge on any atom is -0.382 e. The van der Waals surface area contributed by atoms with Crippen molar-refractivity contribution >= 4 is 11.8 Å². The molecule has 1 saturated carbocycles. The van der Waals surface area contributed by atoms with Crippen LogP contribution in [0.5, 0.6) is 0 Å². The van der Waals surface area contributed by atoms with E-state index in [1.807, 2.05) is 0 Å². The highest BCUT2D eigenvalue weighted by Gasteiger charge is 2.34. The molecular formula is C18H24F3N3O3. The van der Waals surface area contributed by atoms with Crippen LogP contribution in [0, 0.1) is 5.92 Å². The molecule has 1 aromatic carbocycles. The van der Waals surface area contributed by atoms with E-state index >= 15 is 0 Å². The van der Waals surface area contributed by atoms with Crippen LogP contribution in [-0.4, -0.2) is 34.1 Å². The number of aliphatic hydroxyl groups is 1. The van der Waals surface area contributed by atoms with Crippen molar-refractivity contribution in [3.8, 4) is 0 Å². The number of nitrogens with two attached hydrogens (primary N) is 2. The van der Waals surface area contributed by atoms with Gasteiger partial charge in [-0.25, -0.2) is 10.9 Å². The van der Waals surface area contributed by atoms with Crippen LogP contribution in [0.15, 0.2) is 24.3 Å². The van der Waals surface area contributed by atoms with Gasteiger partial charge in [0, 0.05) is 11.6 Å². The summed E-state index contributed by atoms with van der Waals surface area (Å²) in [5.74, 6) is 3.47. The van der Waals surface area contributed by atoms with Crippen molar-refractivity contribution in [2.24, 2.45) is 17.5 Å². The Balaban J connectivity index is 2.03. The molecule has 6 nitrogen and oxygen atoms in total. The molecule has 1 aliphatic rings. The first-order valence-corrected chi connectivity index (χ1v) is 8.85. The van der Waals surface area contributed by atoms with Crippen LogP contribution in [0.4, 0.5) is 13.2 Å². The lowest BCUT2D eigenvalue weighted by Gasteiger charge is -2.28. The van der Waals surface area contributed by atoms with Crippen LogP contribution in [0.25, 0.3) is 0 Å². The number of nitrogens with zero attached hydrogens (tertiary/aromatic N) is 1. The standard InChI is InChI=1S/C18H24F3N3O3/c19-18(20,21)13-8-4-7-12(10-13)16(26)24(23)17(27)15(25)14(22)9-11-5-2-1-3-6-11/h4,7-8,10-11,14-15,25H,1-3,5-6,9,22-23H2/t14-,15?/m1/s1. The fourth-order valence-corrected chi connectivity index (χ4v) is 3.33. The molecule has 0 saturated heterocycles. The van der Waals surface area contributed by atoms with E-state index < -0.39 is 41.3 Å². The summed E-state index contributed by atoms with van der Waals surface area (Å²) in [5, 5.41) is 10.3. The summed E-state index contributed by atoms with van der Waals surface area (Å²) in [4.78, 5) is 24.5. The zero-order valence-electron chi connectivity index (χ0n) is 14.8. The maximum Gasteiger partial charge on any atom is 0.416 e. The summed E-state index contributed by atoms with van der Waals surface area (Å²) in [6.07, 6.45) is -0.715. The first kappa shape index (κ1) is 21.3. The average Bonchev–Trinajstić information content (AvgIpc) is 2.65. The molecule has 5 N–H and O–H groups in total. The second-order valence-electron chi connectivity index (χ2n) is 6.94. The lowest BCUT2D eigenvalue weighted by molar-refractivity contribution is -0.139. The number of rotatable bonds is 5. The Labute approximate surface area is 155 Å². The number of carbonyl (C=O) groups is 2. The lowest BCUT2D eigenvalue weighted by Crippen LogP contribution is -2.53. The third-order valence-corrected chi connectivity index (χ3v) is 4.88. The van der Waals surface area contributed by atoms with E-state index in [0.29, 0.717) is 18.4 Å². The zero-order valence-corrected chi connectivity index (χ0v) is 14.8. The number of benzene rings is 1. The van der Waals surface area contributed by atoms with Crippen molar-refractivity contribution in [3.63, 3.8) is 0 Å². The molecular weight excluding hydrogens is 363 g/mol. The second-order valence-corrected chi connectivity index (χ2v) is 6.94. The van der Waals surface area contributed by atoms with Crippen molar-refractivity contribution in [1.29, 1.82) is 0 Å². The fraction of sp³-hybridized carbons (Fsp3) is 0.556. The number of hydrogen-bond acceptors (Lipinski definition) is 5. The summed E-state index contributed by atoms with van der Waals surface area (Å²) >= 11 is 0. The summed E-state index contributed by atoms with van der Waals surface area (Å²) < 4.78 is 38.3. The third kappa shape index (κ3) is 5.50. The molecule has 1 aromatic rings.